The number of nitrogens with zero attached hydrogens (tertiary/aromatic N) is 2. The molecule has 2 heterocycles. The van der Waals surface area contributed by atoms with E-state index in [0.717, 1.165) is 19.4 Å². The molecule has 1 unspecified atom stereocenters. The molecule has 0 N–H and O–H groups in total. The highest BCUT2D eigenvalue weighted by Crippen LogP contribution is 2.40. The lowest BCUT2D eigenvalue weighted by Gasteiger charge is -2.30. The van der Waals surface area contributed by atoms with Crippen molar-refractivity contribution in [1.29, 1.82) is 0 Å². The van der Waals surface area contributed by atoms with Crippen LogP contribution in [0.2, 0.25) is 0 Å². The maximum Gasteiger partial charge on any atom is 0.256 e. The van der Waals surface area contributed by atoms with Crippen LogP contribution in [0.15, 0.2) is 17.1 Å². The van der Waals surface area contributed by atoms with Gasteiger partial charge in [0.25, 0.3) is 5.91 Å². The Labute approximate surface area is 130 Å². The molecule has 1 saturated heterocycles. The van der Waals surface area contributed by atoms with Gasteiger partial charge in [-0.2, -0.15) is 0 Å². The van der Waals surface area contributed by atoms with Gasteiger partial charge in [-0.3, -0.25) is 9.79 Å². The molecular formula is C17H22N2O3. The molecule has 5 nitrogen and oxygen atoms in total. The minimum absolute atomic E-state index is 0.0156. The third kappa shape index (κ3) is 2.34. The van der Waals surface area contributed by atoms with Gasteiger partial charge in [-0.25, -0.2) is 0 Å². The molecule has 0 radical (unpaired) electrons. The third-order valence-electron chi connectivity index (χ3n) is 4.28. The maximum atomic E-state index is 12.9. The van der Waals surface area contributed by atoms with E-state index in [1.54, 1.807) is 19.2 Å². The first-order chi connectivity index (χ1) is 10.4. The summed E-state index contributed by atoms with van der Waals surface area (Å²) in [6.45, 7) is 6.75. The van der Waals surface area contributed by atoms with Gasteiger partial charge in [-0.1, -0.05) is 0 Å². The Kier molecular flexibility index (Phi) is 3.59. The first kappa shape index (κ1) is 14.9. The minimum Gasteiger partial charge on any atom is -0.493 e. The zero-order chi connectivity index (χ0) is 15.9. The van der Waals surface area contributed by atoms with Gasteiger partial charge in [-0.05, 0) is 39.7 Å². The van der Waals surface area contributed by atoms with Crippen LogP contribution in [0, 0.1) is 0 Å². The molecule has 0 spiro atoms. The molecule has 1 amide bonds. The highest BCUT2D eigenvalue weighted by molar-refractivity contribution is 6.04. The van der Waals surface area contributed by atoms with Crippen molar-refractivity contribution in [2.75, 3.05) is 13.7 Å². The summed E-state index contributed by atoms with van der Waals surface area (Å²) < 4.78 is 11.2. The molecule has 22 heavy (non-hydrogen) atoms. The number of amides is 1. The molecule has 2 aliphatic heterocycles. The second-order valence-corrected chi connectivity index (χ2v) is 6.36. The predicted octanol–water partition coefficient (Wildman–Crippen LogP) is 3.19. The van der Waals surface area contributed by atoms with E-state index < -0.39 is 0 Å². The molecule has 1 aromatic carbocycles. The highest BCUT2D eigenvalue weighted by Gasteiger charge is 2.41. The van der Waals surface area contributed by atoms with E-state index in [9.17, 15) is 4.79 Å². The number of hydrogen-bond donors (Lipinski definition) is 0. The first-order valence-electron chi connectivity index (χ1n) is 7.70. The first-order valence-corrected chi connectivity index (χ1v) is 7.70. The van der Waals surface area contributed by atoms with E-state index in [-0.39, 0.29) is 17.6 Å². The molecule has 5 heteroatoms. The van der Waals surface area contributed by atoms with Crippen LogP contribution in [0.3, 0.4) is 0 Å². The van der Waals surface area contributed by atoms with E-state index in [4.69, 9.17) is 9.47 Å². The van der Waals surface area contributed by atoms with Crippen molar-refractivity contribution < 1.29 is 14.3 Å². The summed E-state index contributed by atoms with van der Waals surface area (Å²) in [5.74, 6) is 1.20. The summed E-state index contributed by atoms with van der Waals surface area (Å²) in [7, 11) is 1.58. The average Bonchev–Trinajstić information content (AvgIpc) is 2.82. The van der Waals surface area contributed by atoms with Crippen molar-refractivity contribution in [3.8, 4) is 11.5 Å². The van der Waals surface area contributed by atoms with Crippen molar-refractivity contribution >= 4 is 17.8 Å². The Bertz CT molecular complexity index is 639. The van der Waals surface area contributed by atoms with Crippen LogP contribution in [0.4, 0.5) is 5.69 Å². The van der Waals surface area contributed by atoms with Gasteiger partial charge in [0.1, 0.15) is 0 Å². The Morgan fingerprint density at radius 3 is 2.77 bits per heavy atom. The molecule has 118 valence electrons. The lowest BCUT2D eigenvalue weighted by atomic mass is 10.0. The molecule has 0 aliphatic carbocycles. The van der Waals surface area contributed by atoms with Crippen LogP contribution in [0.1, 0.15) is 44.0 Å². The van der Waals surface area contributed by atoms with Gasteiger partial charge in [0.15, 0.2) is 11.5 Å². The van der Waals surface area contributed by atoms with Crippen LogP contribution < -0.4 is 9.47 Å². The Balaban J connectivity index is 2.10. The number of aliphatic imine (C=N–C) groups is 1. The molecule has 1 aromatic rings. The predicted molar refractivity (Wildman–Crippen MR) is 85.6 cm³/mol. The van der Waals surface area contributed by atoms with Gasteiger partial charge < -0.3 is 14.4 Å². The number of carbonyl (C=O) groups excluding carboxylic acids is 1. The van der Waals surface area contributed by atoms with Gasteiger partial charge in [-0.15, -0.1) is 0 Å². The Morgan fingerprint density at radius 1 is 1.32 bits per heavy atom. The van der Waals surface area contributed by atoms with Crippen molar-refractivity contribution in [3.05, 3.63) is 17.7 Å². The monoisotopic (exact) mass is 302 g/mol. The topological polar surface area (TPSA) is 51.1 Å². The summed E-state index contributed by atoms with van der Waals surface area (Å²) in [6, 6.07) is 3.55. The van der Waals surface area contributed by atoms with Crippen molar-refractivity contribution in [2.45, 2.75) is 45.3 Å². The van der Waals surface area contributed by atoms with Crippen molar-refractivity contribution in [3.63, 3.8) is 0 Å². The van der Waals surface area contributed by atoms with Crippen molar-refractivity contribution in [1.82, 2.24) is 4.90 Å². The Morgan fingerprint density at radius 2 is 2.09 bits per heavy atom. The number of rotatable bonds is 3. The summed E-state index contributed by atoms with van der Waals surface area (Å²) in [5.41, 5.74) is 0.939. The number of fused-ring (bicyclic) bond motifs is 2. The van der Waals surface area contributed by atoms with Gasteiger partial charge in [0, 0.05) is 18.8 Å². The second-order valence-electron chi connectivity index (χ2n) is 6.36. The van der Waals surface area contributed by atoms with Crippen LogP contribution in [0.25, 0.3) is 0 Å². The number of benzene rings is 1. The van der Waals surface area contributed by atoms with E-state index in [0.29, 0.717) is 22.7 Å². The zero-order valence-electron chi connectivity index (χ0n) is 13.5. The summed E-state index contributed by atoms with van der Waals surface area (Å²) in [4.78, 5) is 19.4. The number of hydrogen-bond acceptors (Lipinski definition) is 4. The molecule has 1 fully saturated rings. The van der Waals surface area contributed by atoms with E-state index in [1.165, 1.54) is 0 Å². The van der Waals surface area contributed by atoms with E-state index in [1.807, 2.05) is 25.0 Å². The number of ether oxygens (including phenoxy) is 2. The summed E-state index contributed by atoms with van der Waals surface area (Å²) in [5, 5.41) is 0. The molecule has 0 aromatic heterocycles. The van der Waals surface area contributed by atoms with E-state index in [2.05, 4.69) is 11.9 Å². The van der Waals surface area contributed by atoms with Gasteiger partial charge in [0.2, 0.25) is 0 Å². The lowest BCUT2D eigenvalue weighted by Crippen LogP contribution is -2.45. The second kappa shape index (κ2) is 5.30. The number of methoxy groups -OCH3 is 1. The number of carbonyl (C=O) groups is 1. The quantitative estimate of drug-likeness (QED) is 0.861. The molecule has 0 bridgehead atoms. The van der Waals surface area contributed by atoms with Crippen LogP contribution >= 0.6 is 0 Å². The fourth-order valence-electron chi connectivity index (χ4n) is 3.14. The van der Waals surface area contributed by atoms with Gasteiger partial charge in [0.05, 0.1) is 30.0 Å². The fraction of sp³-hybridized carbons (Fsp3) is 0.529. The Hall–Kier alpha value is -2.04. The largest absolute Gasteiger partial charge is 0.493 e. The SMILES string of the molecule is COc1cc2c(cc1OC(C)C)N=CC1(C)CCCN1C2=O. The highest BCUT2D eigenvalue weighted by atomic mass is 16.5. The van der Waals surface area contributed by atoms with Crippen molar-refractivity contribution in [2.24, 2.45) is 4.99 Å². The smallest absolute Gasteiger partial charge is 0.256 e. The fourth-order valence-corrected chi connectivity index (χ4v) is 3.14. The van der Waals surface area contributed by atoms with Gasteiger partial charge >= 0.3 is 0 Å². The summed E-state index contributed by atoms with van der Waals surface area (Å²) in [6.07, 6.45) is 3.88. The van der Waals surface area contributed by atoms with Crippen LogP contribution in [-0.4, -0.2) is 42.3 Å². The molecular weight excluding hydrogens is 280 g/mol. The molecule has 2 aliphatic rings. The van der Waals surface area contributed by atoms with Crippen LogP contribution in [-0.2, 0) is 0 Å². The molecule has 0 saturated carbocycles. The minimum atomic E-state index is -0.289. The van der Waals surface area contributed by atoms with E-state index >= 15 is 0 Å². The third-order valence-corrected chi connectivity index (χ3v) is 4.28. The molecule has 1 atom stereocenters. The lowest BCUT2D eigenvalue weighted by molar-refractivity contribution is 0.0712. The summed E-state index contributed by atoms with van der Waals surface area (Å²) >= 11 is 0. The standard InChI is InChI=1S/C17H22N2O3/c1-11(2)22-15-9-13-12(8-14(15)21-4)16(20)19-7-5-6-17(19,3)10-18-13/h8-11H,5-7H2,1-4H3. The molecule has 3 rings (SSSR count). The normalized spacial score (nSPS) is 23.3. The average molecular weight is 302 g/mol. The maximum absolute atomic E-state index is 12.9. The van der Waals surface area contributed by atoms with Crippen LogP contribution in [0.5, 0.6) is 11.5 Å². The zero-order valence-corrected chi connectivity index (χ0v) is 13.5.